The summed E-state index contributed by atoms with van der Waals surface area (Å²) in [5.74, 6) is -1.29. The number of carboxylic acids is 1. The van der Waals surface area contributed by atoms with Crippen molar-refractivity contribution in [2.45, 2.75) is 17.8 Å². The van der Waals surface area contributed by atoms with Crippen molar-refractivity contribution in [3.63, 3.8) is 0 Å². The average molecular weight is 373 g/mol. The lowest BCUT2D eigenvalue weighted by molar-refractivity contribution is -0.150. The molecule has 9 heteroatoms. The number of fused-ring (bicyclic) bond motifs is 1. The summed E-state index contributed by atoms with van der Waals surface area (Å²) < 4.78 is 0. The van der Waals surface area contributed by atoms with Crippen molar-refractivity contribution in [1.29, 1.82) is 0 Å². The number of nitrogens with zero attached hydrogens (tertiary/aromatic N) is 1. The number of hydrogen-bond acceptors (Lipinski definition) is 5. The van der Waals surface area contributed by atoms with Gasteiger partial charge in [0.15, 0.2) is 0 Å². The van der Waals surface area contributed by atoms with E-state index in [9.17, 15) is 19.5 Å². The van der Waals surface area contributed by atoms with Crippen molar-refractivity contribution in [3.05, 3.63) is 33.7 Å². The lowest BCUT2D eigenvalue weighted by Crippen LogP contribution is -2.70. The maximum atomic E-state index is 12.3. The number of aliphatic carboxylic acids is 1. The smallest absolute Gasteiger partial charge is 0.352 e. The zero-order valence-corrected chi connectivity index (χ0v) is 14.2. The first kappa shape index (κ1) is 16.4. The zero-order valence-electron chi connectivity index (χ0n) is 11.8. The second-order valence-corrected chi connectivity index (χ2v) is 7.51. The van der Waals surface area contributed by atoms with Gasteiger partial charge in [0, 0.05) is 16.5 Å². The summed E-state index contributed by atoms with van der Waals surface area (Å²) in [4.78, 5) is 37.8. The molecule has 0 saturated carbocycles. The van der Waals surface area contributed by atoms with Crippen LogP contribution in [0.2, 0.25) is 0 Å². The van der Waals surface area contributed by atoms with Gasteiger partial charge in [0.1, 0.15) is 17.1 Å². The van der Waals surface area contributed by atoms with E-state index in [0.29, 0.717) is 11.3 Å². The normalized spacial score (nSPS) is 23.3. The lowest BCUT2D eigenvalue weighted by atomic mass is 10.0. The first-order valence-electron chi connectivity index (χ1n) is 6.80. The number of rotatable bonds is 5. The van der Waals surface area contributed by atoms with Crippen molar-refractivity contribution in [2.24, 2.45) is 0 Å². The Morgan fingerprint density at radius 1 is 1.48 bits per heavy atom. The molecule has 2 aliphatic heterocycles. The van der Waals surface area contributed by atoms with Crippen LogP contribution in [0, 0.1) is 0 Å². The number of hydrogen-bond donors (Lipinski definition) is 2. The van der Waals surface area contributed by atoms with E-state index >= 15 is 0 Å². The highest BCUT2D eigenvalue weighted by atomic mass is 35.5. The van der Waals surface area contributed by atoms with E-state index in [2.05, 4.69) is 5.32 Å². The number of nitrogens with one attached hydrogen (secondary N) is 1. The first-order chi connectivity index (χ1) is 11.0. The summed E-state index contributed by atoms with van der Waals surface area (Å²) in [5, 5.41) is 13.5. The molecule has 122 valence electrons. The van der Waals surface area contributed by atoms with Gasteiger partial charge in [-0.3, -0.25) is 14.5 Å². The van der Waals surface area contributed by atoms with Gasteiger partial charge in [0.25, 0.3) is 5.91 Å². The maximum absolute atomic E-state index is 12.3. The Kier molecular flexibility index (Phi) is 4.65. The molecule has 0 radical (unpaired) electrons. The van der Waals surface area contributed by atoms with Crippen LogP contribution in [0.3, 0.4) is 0 Å². The summed E-state index contributed by atoms with van der Waals surface area (Å²) in [6.07, 6.45) is 0.216. The van der Waals surface area contributed by atoms with Crippen LogP contribution < -0.4 is 5.32 Å². The van der Waals surface area contributed by atoms with Gasteiger partial charge in [-0.2, -0.15) is 0 Å². The molecule has 1 aromatic heterocycles. The van der Waals surface area contributed by atoms with E-state index in [1.165, 1.54) is 28.0 Å². The fourth-order valence-electron chi connectivity index (χ4n) is 2.58. The van der Waals surface area contributed by atoms with Crippen molar-refractivity contribution < 1.29 is 19.5 Å². The predicted molar refractivity (Wildman–Crippen MR) is 88.4 cm³/mol. The lowest BCUT2D eigenvalue weighted by Gasteiger charge is -2.49. The highest BCUT2D eigenvalue weighted by Gasteiger charge is 2.53. The van der Waals surface area contributed by atoms with Crippen molar-refractivity contribution in [2.75, 3.05) is 11.6 Å². The van der Waals surface area contributed by atoms with Crippen LogP contribution in [-0.2, 0) is 20.8 Å². The molecule has 6 nitrogen and oxygen atoms in total. The summed E-state index contributed by atoms with van der Waals surface area (Å²) in [5.41, 5.74) is 0.481. The van der Waals surface area contributed by atoms with E-state index in [1.807, 2.05) is 17.5 Å². The molecule has 2 aliphatic rings. The number of amides is 2. The third kappa shape index (κ3) is 2.98. The van der Waals surface area contributed by atoms with Gasteiger partial charge < -0.3 is 10.4 Å². The molecular formula is C14H13ClN2O4S2. The molecule has 0 unspecified atom stereocenters. The third-order valence-electron chi connectivity index (χ3n) is 3.64. The zero-order chi connectivity index (χ0) is 16.6. The number of carbonyl (C=O) groups is 3. The number of β-lactam (4-membered cyclic amide) rings is 1. The number of thioether (sulfide) groups is 1. The molecule has 2 N–H and O–H groups in total. The molecule has 0 aliphatic carbocycles. The molecule has 0 spiro atoms. The molecule has 23 heavy (non-hydrogen) atoms. The van der Waals surface area contributed by atoms with Gasteiger partial charge in [-0.05, 0) is 17.0 Å². The second-order valence-electron chi connectivity index (χ2n) is 5.10. The Hall–Kier alpha value is -1.51. The van der Waals surface area contributed by atoms with Crippen molar-refractivity contribution in [3.8, 4) is 0 Å². The predicted octanol–water partition coefficient (Wildman–Crippen LogP) is 1.27. The molecule has 0 aromatic carbocycles. The van der Waals surface area contributed by atoms with E-state index in [-0.39, 0.29) is 29.3 Å². The molecule has 0 bridgehead atoms. The molecule has 3 rings (SSSR count). The van der Waals surface area contributed by atoms with Crippen molar-refractivity contribution >= 4 is 52.5 Å². The standard InChI is InChI=1S/C14H13ClN2O4S2/c15-5-7-6-23-13-10(12(19)17(13)11(7)14(20)21)16-9(18)4-8-2-1-3-22-8/h1-3,10,13H,4-6H2,(H,16,18)(H,20,21)/t10-,13-/m1/s1. The van der Waals surface area contributed by atoms with Crippen LogP contribution >= 0.6 is 34.7 Å². The molecule has 2 amide bonds. The van der Waals surface area contributed by atoms with Gasteiger partial charge in [-0.15, -0.1) is 34.7 Å². The Bertz CT molecular complexity index is 689. The number of carbonyl (C=O) groups excluding carboxylic acids is 2. The van der Waals surface area contributed by atoms with Crippen LogP contribution in [0.5, 0.6) is 0 Å². The Morgan fingerprint density at radius 2 is 2.26 bits per heavy atom. The Morgan fingerprint density at radius 3 is 2.87 bits per heavy atom. The van der Waals surface area contributed by atoms with Crippen LogP contribution in [0.25, 0.3) is 0 Å². The quantitative estimate of drug-likeness (QED) is 0.600. The summed E-state index contributed by atoms with van der Waals surface area (Å²) in [6, 6.07) is 3.03. The first-order valence-corrected chi connectivity index (χ1v) is 9.27. The third-order valence-corrected chi connectivity index (χ3v) is 6.18. The van der Waals surface area contributed by atoms with E-state index in [1.54, 1.807) is 0 Å². The van der Waals surface area contributed by atoms with E-state index < -0.39 is 17.9 Å². The summed E-state index contributed by atoms with van der Waals surface area (Å²) >= 11 is 8.65. The minimum absolute atomic E-state index is 0.0440. The van der Waals surface area contributed by atoms with Gasteiger partial charge in [-0.1, -0.05) is 6.07 Å². The largest absolute Gasteiger partial charge is 0.477 e. The second kappa shape index (κ2) is 6.54. The fourth-order valence-corrected chi connectivity index (χ4v) is 4.96. The van der Waals surface area contributed by atoms with Gasteiger partial charge in [-0.25, -0.2) is 4.79 Å². The highest BCUT2D eigenvalue weighted by Crippen LogP contribution is 2.40. The molecular weight excluding hydrogens is 360 g/mol. The molecule has 1 fully saturated rings. The molecule has 3 heterocycles. The monoisotopic (exact) mass is 372 g/mol. The van der Waals surface area contributed by atoms with Gasteiger partial charge in [0.05, 0.1) is 6.42 Å². The fraction of sp³-hybridized carbons (Fsp3) is 0.357. The van der Waals surface area contributed by atoms with E-state index in [0.717, 1.165) is 4.88 Å². The van der Waals surface area contributed by atoms with Crippen LogP contribution in [0.1, 0.15) is 4.88 Å². The Labute approximate surface area is 145 Å². The minimum Gasteiger partial charge on any atom is -0.477 e. The van der Waals surface area contributed by atoms with Gasteiger partial charge >= 0.3 is 5.97 Å². The number of alkyl halides is 1. The Balaban J connectivity index is 1.69. The highest BCUT2D eigenvalue weighted by molar-refractivity contribution is 8.00. The molecule has 1 saturated heterocycles. The molecule has 2 atom stereocenters. The topological polar surface area (TPSA) is 86.7 Å². The van der Waals surface area contributed by atoms with Crippen LogP contribution in [-0.4, -0.2) is 50.8 Å². The number of halogens is 1. The van der Waals surface area contributed by atoms with Crippen LogP contribution in [0.4, 0.5) is 0 Å². The number of carboxylic acid groups (broad SMARTS) is 1. The summed E-state index contributed by atoms with van der Waals surface area (Å²) in [7, 11) is 0. The van der Waals surface area contributed by atoms with E-state index in [4.69, 9.17) is 11.6 Å². The van der Waals surface area contributed by atoms with Crippen molar-refractivity contribution in [1.82, 2.24) is 10.2 Å². The number of thiophene rings is 1. The SMILES string of the molecule is O=C(Cc1cccs1)N[C@@H]1C(=O)N2C(C(=O)O)=C(CCl)CS[C@H]12. The van der Waals surface area contributed by atoms with Gasteiger partial charge in [0.2, 0.25) is 5.91 Å². The maximum Gasteiger partial charge on any atom is 0.352 e. The average Bonchev–Trinajstić information content (AvgIpc) is 3.03. The minimum atomic E-state index is -1.16. The van der Waals surface area contributed by atoms with Crippen LogP contribution in [0.15, 0.2) is 28.8 Å². The summed E-state index contributed by atoms with van der Waals surface area (Å²) in [6.45, 7) is 0. The molecule has 1 aromatic rings.